The summed E-state index contributed by atoms with van der Waals surface area (Å²) in [4.78, 5) is 15.8. The van der Waals surface area contributed by atoms with Crippen molar-refractivity contribution in [2.45, 2.75) is 64.5 Å². The number of hydrogen-bond acceptors (Lipinski definition) is 6. The molecule has 0 radical (unpaired) electrons. The second-order valence-electron chi connectivity index (χ2n) is 7.09. The minimum absolute atomic E-state index is 0.339. The average Bonchev–Trinajstić information content (AvgIpc) is 2.98. The van der Waals surface area contributed by atoms with Crippen LogP contribution in [-0.4, -0.2) is 41.0 Å². The zero-order chi connectivity index (χ0) is 16.7. The van der Waals surface area contributed by atoms with E-state index < -0.39 is 5.60 Å². The van der Waals surface area contributed by atoms with Gasteiger partial charge >= 0.3 is 6.09 Å². The van der Waals surface area contributed by atoms with E-state index in [1.165, 1.54) is 19.2 Å². The van der Waals surface area contributed by atoms with Crippen LogP contribution < -0.4 is 10.6 Å². The van der Waals surface area contributed by atoms with Gasteiger partial charge in [-0.1, -0.05) is 18.0 Å². The number of ether oxygens (including phenoxy) is 1. The van der Waals surface area contributed by atoms with E-state index in [1.807, 2.05) is 20.8 Å². The minimum Gasteiger partial charge on any atom is -0.444 e. The third-order valence-corrected chi connectivity index (χ3v) is 3.98. The number of amides is 1. The van der Waals surface area contributed by atoms with Crippen LogP contribution in [0.1, 0.15) is 52.3 Å². The summed E-state index contributed by atoms with van der Waals surface area (Å²) in [6, 6.07) is 0.408. The van der Waals surface area contributed by atoms with Gasteiger partial charge in [-0.3, -0.25) is 0 Å². The molecule has 130 valence electrons. The summed E-state index contributed by atoms with van der Waals surface area (Å²) < 4.78 is 10.0. The Morgan fingerprint density at radius 2 is 2.17 bits per heavy atom. The third-order valence-electron chi connectivity index (χ3n) is 3.98. The van der Waals surface area contributed by atoms with E-state index >= 15 is 0 Å². The van der Waals surface area contributed by atoms with E-state index in [0.29, 0.717) is 18.5 Å². The van der Waals surface area contributed by atoms with Crippen LogP contribution >= 0.6 is 0 Å². The van der Waals surface area contributed by atoms with Gasteiger partial charge in [0.1, 0.15) is 5.60 Å². The van der Waals surface area contributed by atoms with Crippen molar-refractivity contribution in [3.63, 3.8) is 0 Å². The molecule has 7 nitrogen and oxygen atoms in total. The first-order valence-electron chi connectivity index (χ1n) is 8.39. The van der Waals surface area contributed by atoms with Gasteiger partial charge in [-0.2, -0.15) is 4.98 Å². The van der Waals surface area contributed by atoms with Crippen LogP contribution in [0.15, 0.2) is 10.9 Å². The number of aromatic nitrogens is 2. The predicted molar refractivity (Wildman–Crippen MR) is 86.0 cm³/mol. The lowest BCUT2D eigenvalue weighted by molar-refractivity contribution is 0.0510. The fraction of sp³-hybridized carbons (Fsp3) is 0.812. The molecular weight excluding hydrogens is 296 g/mol. The molecule has 7 heteroatoms. The first kappa shape index (κ1) is 17.7. The third kappa shape index (κ3) is 6.56. The zero-order valence-electron chi connectivity index (χ0n) is 14.3. The van der Waals surface area contributed by atoms with Gasteiger partial charge in [0.25, 0.3) is 0 Å². The van der Waals surface area contributed by atoms with Crippen molar-refractivity contribution in [2.24, 2.45) is 5.92 Å². The maximum Gasteiger partial charge on any atom is 0.407 e. The summed E-state index contributed by atoms with van der Waals surface area (Å²) in [6.07, 6.45) is 6.45. The lowest BCUT2D eigenvalue weighted by atomic mass is 9.84. The van der Waals surface area contributed by atoms with Crippen LogP contribution in [0.25, 0.3) is 0 Å². The molecule has 2 rings (SSSR count). The topological polar surface area (TPSA) is 89.3 Å². The normalized spacial score (nSPS) is 21.9. The van der Waals surface area contributed by atoms with E-state index in [9.17, 15) is 4.79 Å². The molecule has 0 aromatic carbocycles. The highest BCUT2D eigenvalue weighted by Crippen LogP contribution is 2.24. The summed E-state index contributed by atoms with van der Waals surface area (Å²) in [7, 11) is 0. The molecule has 1 aliphatic carbocycles. The molecule has 1 saturated carbocycles. The molecular formula is C16H28N4O3. The van der Waals surface area contributed by atoms with Gasteiger partial charge in [0.2, 0.25) is 6.39 Å². The van der Waals surface area contributed by atoms with Gasteiger partial charge in [-0.15, -0.1) is 0 Å². The summed E-state index contributed by atoms with van der Waals surface area (Å²) in [5.74, 6) is 1.15. The molecule has 1 amide bonds. The summed E-state index contributed by atoms with van der Waals surface area (Å²) in [5, 5.41) is 10.3. The van der Waals surface area contributed by atoms with Crippen LogP contribution in [0.4, 0.5) is 4.79 Å². The summed E-state index contributed by atoms with van der Waals surface area (Å²) in [6.45, 7) is 7.07. The van der Waals surface area contributed by atoms with Gasteiger partial charge < -0.3 is 19.9 Å². The van der Waals surface area contributed by atoms with Crippen LogP contribution in [0.2, 0.25) is 0 Å². The Bertz CT molecular complexity index is 470. The summed E-state index contributed by atoms with van der Waals surface area (Å²) in [5.41, 5.74) is -0.459. The Morgan fingerprint density at radius 3 is 2.87 bits per heavy atom. The Kier molecular flexibility index (Phi) is 6.38. The lowest BCUT2D eigenvalue weighted by Crippen LogP contribution is -2.45. The fourth-order valence-corrected chi connectivity index (χ4v) is 2.92. The largest absolute Gasteiger partial charge is 0.444 e. The van der Waals surface area contributed by atoms with Crippen LogP contribution in [0, 0.1) is 5.92 Å². The molecule has 1 heterocycles. The highest BCUT2D eigenvalue weighted by Gasteiger charge is 2.26. The Hall–Kier alpha value is -1.63. The maximum absolute atomic E-state index is 11.8. The predicted octanol–water partition coefficient (Wildman–Crippen LogP) is 2.29. The molecule has 0 bridgehead atoms. The number of carbonyl (C=O) groups excluding carboxylic acids is 1. The van der Waals surface area contributed by atoms with Crippen LogP contribution in [-0.2, 0) is 11.2 Å². The van der Waals surface area contributed by atoms with Crippen molar-refractivity contribution in [2.75, 3.05) is 13.1 Å². The molecule has 2 unspecified atom stereocenters. The SMILES string of the molecule is CC(C)(C)OC(=O)NCC1CCCCC1NCCc1ncon1. The average molecular weight is 324 g/mol. The molecule has 0 spiro atoms. The van der Waals surface area contributed by atoms with Gasteiger partial charge in [-0.25, -0.2) is 4.79 Å². The second kappa shape index (κ2) is 8.29. The van der Waals surface area contributed by atoms with Crippen LogP contribution in [0.5, 0.6) is 0 Å². The first-order valence-corrected chi connectivity index (χ1v) is 8.39. The molecule has 0 aliphatic heterocycles. The molecule has 0 saturated heterocycles. The number of alkyl carbamates (subject to hydrolysis) is 1. The number of carbonyl (C=O) groups is 1. The van der Waals surface area contributed by atoms with Gasteiger partial charge in [0.15, 0.2) is 5.82 Å². The van der Waals surface area contributed by atoms with Crippen molar-refractivity contribution in [3.8, 4) is 0 Å². The smallest absolute Gasteiger partial charge is 0.407 e. The van der Waals surface area contributed by atoms with Crippen molar-refractivity contribution >= 4 is 6.09 Å². The molecule has 2 N–H and O–H groups in total. The Labute approximate surface area is 137 Å². The molecule has 23 heavy (non-hydrogen) atoms. The van der Waals surface area contributed by atoms with E-state index in [0.717, 1.165) is 31.6 Å². The molecule has 2 atom stereocenters. The number of rotatable bonds is 6. The second-order valence-corrected chi connectivity index (χ2v) is 7.09. The van der Waals surface area contributed by atoms with Gasteiger partial charge in [-0.05, 0) is 39.5 Å². The zero-order valence-corrected chi connectivity index (χ0v) is 14.3. The molecule has 1 fully saturated rings. The lowest BCUT2D eigenvalue weighted by Gasteiger charge is -2.32. The molecule has 1 aromatic heterocycles. The van der Waals surface area contributed by atoms with Gasteiger partial charge in [0.05, 0.1) is 0 Å². The Morgan fingerprint density at radius 1 is 1.39 bits per heavy atom. The first-order chi connectivity index (χ1) is 10.9. The quantitative estimate of drug-likeness (QED) is 0.834. The molecule has 1 aromatic rings. The van der Waals surface area contributed by atoms with Crippen molar-refractivity contribution < 1.29 is 14.1 Å². The molecule has 1 aliphatic rings. The monoisotopic (exact) mass is 324 g/mol. The fourth-order valence-electron chi connectivity index (χ4n) is 2.92. The number of nitrogens with zero attached hydrogens (tertiary/aromatic N) is 2. The summed E-state index contributed by atoms with van der Waals surface area (Å²) >= 11 is 0. The van der Waals surface area contributed by atoms with E-state index in [-0.39, 0.29) is 6.09 Å². The highest BCUT2D eigenvalue weighted by atomic mass is 16.6. The maximum atomic E-state index is 11.8. The van der Waals surface area contributed by atoms with E-state index in [4.69, 9.17) is 9.26 Å². The highest BCUT2D eigenvalue weighted by molar-refractivity contribution is 5.67. The van der Waals surface area contributed by atoms with Crippen LogP contribution in [0.3, 0.4) is 0 Å². The Balaban J connectivity index is 1.73. The minimum atomic E-state index is -0.459. The van der Waals surface area contributed by atoms with Crippen molar-refractivity contribution in [1.29, 1.82) is 0 Å². The van der Waals surface area contributed by atoms with E-state index in [1.54, 1.807) is 0 Å². The van der Waals surface area contributed by atoms with E-state index in [2.05, 4.69) is 20.8 Å². The van der Waals surface area contributed by atoms with Crippen molar-refractivity contribution in [3.05, 3.63) is 12.2 Å². The standard InChI is InChI=1S/C16H28N4O3/c1-16(2,3)23-15(21)18-10-12-6-4-5-7-13(12)17-9-8-14-19-11-22-20-14/h11-13,17H,4-10H2,1-3H3,(H,18,21). The number of nitrogens with one attached hydrogen (secondary N) is 2. The van der Waals surface area contributed by atoms with Crippen molar-refractivity contribution in [1.82, 2.24) is 20.8 Å². The van der Waals surface area contributed by atoms with Gasteiger partial charge in [0, 0.05) is 25.6 Å². The number of hydrogen-bond donors (Lipinski definition) is 2.